The number of benzene rings is 2. The van der Waals surface area contributed by atoms with E-state index in [-0.39, 0.29) is 5.69 Å². The molecule has 0 aliphatic rings. The van der Waals surface area contributed by atoms with Crippen LogP contribution >= 0.6 is 11.6 Å². The van der Waals surface area contributed by atoms with Crippen molar-refractivity contribution in [3.63, 3.8) is 0 Å². The van der Waals surface area contributed by atoms with Crippen LogP contribution in [0.1, 0.15) is 5.69 Å². The molecule has 4 aromatic rings. The average Bonchev–Trinajstić information content (AvgIpc) is 3.11. The van der Waals surface area contributed by atoms with Crippen LogP contribution in [0, 0.1) is 11.3 Å². The molecular weight excluding hydrogens is 348 g/mol. The van der Waals surface area contributed by atoms with Crippen LogP contribution in [-0.2, 0) is 0 Å². The zero-order chi connectivity index (χ0) is 17.9. The number of nitriles is 1. The highest BCUT2D eigenvalue weighted by Gasteiger charge is 2.06. The third-order valence-corrected chi connectivity index (χ3v) is 4.04. The highest BCUT2D eigenvalue weighted by molar-refractivity contribution is 6.30. The summed E-state index contributed by atoms with van der Waals surface area (Å²) in [5, 5.41) is 14.2. The van der Waals surface area contributed by atoms with Gasteiger partial charge in [-0.1, -0.05) is 17.7 Å². The molecule has 0 bridgehead atoms. The number of pyridine rings is 1. The molecule has 0 amide bonds. The van der Waals surface area contributed by atoms with Crippen molar-refractivity contribution in [3.05, 3.63) is 77.6 Å². The molecule has 4 rings (SSSR count). The van der Waals surface area contributed by atoms with Crippen molar-refractivity contribution in [1.29, 1.82) is 5.26 Å². The summed E-state index contributed by atoms with van der Waals surface area (Å²) in [7, 11) is 0. The van der Waals surface area contributed by atoms with Crippen molar-refractivity contribution in [3.8, 4) is 17.6 Å². The lowest BCUT2D eigenvalue weighted by atomic mass is 10.2. The molecule has 0 radical (unpaired) electrons. The molecule has 26 heavy (non-hydrogen) atoms. The van der Waals surface area contributed by atoms with E-state index in [4.69, 9.17) is 16.3 Å². The lowest BCUT2D eigenvalue weighted by Crippen LogP contribution is -1.97. The number of anilines is 2. The largest absolute Gasteiger partial charge is 0.457 e. The molecule has 126 valence electrons. The first-order chi connectivity index (χ1) is 12.7. The van der Waals surface area contributed by atoms with E-state index in [2.05, 4.69) is 21.4 Å². The first kappa shape index (κ1) is 16.0. The minimum Gasteiger partial charge on any atom is -0.457 e. The normalized spacial score (nSPS) is 10.5. The first-order valence-corrected chi connectivity index (χ1v) is 8.27. The summed E-state index contributed by atoms with van der Waals surface area (Å²) in [6.45, 7) is 0. The van der Waals surface area contributed by atoms with E-state index in [0.717, 1.165) is 16.6 Å². The van der Waals surface area contributed by atoms with Crippen LogP contribution in [0.5, 0.6) is 11.5 Å². The third-order valence-electron chi connectivity index (χ3n) is 3.79. The molecular formula is C20H13ClN4O. The molecule has 0 spiro atoms. The van der Waals surface area contributed by atoms with Gasteiger partial charge in [-0.3, -0.25) is 0 Å². The molecule has 2 aromatic heterocycles. The molecule has 0 atom stereocenters. The summed E-state index contributed by atoms with van der Waals surface area (Å²) in [5.74, 6) is 1.67. The maximum atomic E-state index is 9.25. The highest BCUT2D eigenvalue weighted by Crippen LogP contribution is 2.27. The maximum absolute atomic E-state index is 9.25. The van der Waals surface area contributed by atoms with Gasteiger partial charge >= 0.3 is 0 Å². The monoisotopic (exact) mass is 360 g/mol. The van der Waals surface area contributed by atoms with E-state index >= 15 is 0 Å². The Morgan fingerprint density at radius 1 is 1.00 bits per heavy atom. The minimum absolute atomic E-state index is 0.264. The second kappa shape index (κ2) is 6.79. The fourth-order valence-corrected chi connectivity index (χ4v) is 2.72. The molecule has 0 fully saturated rings. The number of ether oxygens (including phenoxy) is 1. The minimum atomic E-state index is 0.264. The first-order valence-electron chi connectivity index (χ1n) is 7.89. The van der Waals surface area contributed by atoms with Crippen LogP contribution in [0.25, 0.3) is 10.9 Å². The van der Waals surface area contributed by atoms with E-state index in [1.165, 1.54) is 0 Å². The molecule has 0 aliphatic carbocycles. The molecule has 2 heterocycles. The number of aromatic nitrogens is 2. The zero-order valence-corrected chi connectivity index (χ0v) is 14.3. The second-order valence-electron chi connectivity index (χ2n) is 5.65. The van der Waals surface area contributed by atoms with Gasteiger partial charge in [-0.2, -0.15) is 5.26 Å². The Bertz CT molecular complexity index is 1110. The van der Waals surface area contributed by atoms with Crippen LogP contribution < -0.4 is 10.1 Å². The molecule has 5 nitrogen and oxygen atoms in total. The SMILES string of the molecule is N#Cc1cc(Oc2ccc(Cl)cc2)cc(Nc2ccc3cc[nH]c3c2)n1. The van der Waals surface area contributed by atoms with Crippen LogP contribution in [-0.4, -0.2) is 9.97 Å². The fraction of sp³-hybridized carbons (Fsp3) is 0. The molecule has 0 unspecified atom stereocenters. The topological polar surface area (TPSA) is 73.7 Å². The van der Waals surface area contributed by atoms with Gasteiger partial charge in [0, 0.05) is 34.6 Å². The van der Waals surface area contributed by atoms with E-state index in [0.29, 0.717) is 22.3 Å². The molecule has 6 heteroatoms. The lowest BCUT2D eigenvalue weighted by molar-refractivity contribution is 0.482. The van der Waals surface area contributed by atoms with Crippen LogP contribution in [0.15, 0.2) is 66.9 Å². The van der Waals surface area contributed by atoms with E-state index in [9.17, 15) is 5.26 Å². The van der Waals surface area contributed by atoms with Gasteiger partial charge < -0.3 is 15.0 Å². The lowest BCUT2D eigenvalue weighted by Gasteiger charge is -2.10. The van der Waals surface area contributed by atoms with Crippen molar-refractivity contribution in [1.82, 2.24) is 9.97 Å². The molecule has 0 aliphatic heterocycles. The van der Waals surface area contributed by atoms with Gasteiger partial charge in [-0.15, -0.1) is 0 Å². The summed E-state index contributed by atoms with van der Waals surface area (Å²) in [5.41, 5.74) is 2.14. The summed E-state index contributed by atoms with van der Waals surface area (Å²) in [6, 6.07) is 20.4. The predicted molar refractivity (Wildman–Crippen MR) is 102 cm³/mol. The van der Waals surface area contributed by atoms with Crippen molar-refractivity contribution in [2.75, 3.05) is 5.32 Å². The number of rotatable bonds is 4. The number of nitrogens with one attached hydrogen (secondary N) is 2. The summed E-state index contributed by atoms with van der Waals surface area (Å²) >= 11 is 5.89. The number of H-pyrrole nitrogens is 1. The Labute approximate surface area is 154 Å². The highest BCUT2D eigenvalue weighted by atomic mass is 35.5. The second-order valence-corrected chi connectivity index (χ2v) is 6.08. The molecule has 2 aromatic carbocycles. The molecule has 0 saturated heterocycles. The smallest absolute Gasteiger partial charge is 0.146 e. The fourth-order valence-electron chi connectivity index (χ4n) is 2.60. The van der Waals surface area contributed by atoms with E-state index in [1.54, 1.807) is 36.4 Å². The average molecular weight is 361 g/mol. The number of aromatic amines is 1. The number of fused-ring (bicyclic) bond motifs is 1. The summed E-state index contributed by atoms with van der Waals surface area (Å²) in [6.07, 6.45) is 1.89. The van der Waals surface area contributed by atoms with Gasteiger partial charge in [0.25, 0.3) is 0 Å². The Morgan fingerprint density at radius 2 is 1.85 bits per heavy atom. The quantitative estimate of drug-likeness (QED) is 0.495. The van der Waals surface area contributed by atoms with Crippen LogP contribution in [0.2, 0.25) is 5.02 Å². The Kier molecular flexibility index (Phi) is 4.18. The van der Waals surface area contributed by atoms with Crippen molar-refractivity contribution in [2.24, 2.45) is 0 Å². The van der Waals surface area contributed by atoms with Crippen molar-refractivity contribution >= 4 is 34.0 Å². The standard InChI is InChI=1S/C20H13ClN4O/c21-14-2-5-17(6-3-14)26-18-9-16(12-22)25-20(11-18)24-15-4-1-13-7-8-23-19(13)10-15/h1-11,23H,(H,24,25). The van der Waals surface area contributed by atoms with Gasteiger partial charge in [0.1, 0.15) is 29.1 Å². The van der Waals surface area contributed by atoms with Gasteiger partial charge in [-0.25, -0.2) is 4.98 Å². The van der Waals surface area contributed by atoms with Crippen LogP contribution in [0.3, 0.4) is 0 Å². The summed E-state index contributed by atoms with van der Waals surface area (Å²) in [4.78, 5) is 7.46. The Morgan fingerprint density at radius 3 is 2.65 bits per heavy atom. The van der Waals surface area contributed by atoms with Gasteiger partial charge in [0.05, 0.1) is 0 Å². The van der Waals surface area contributed by atoms with Crippen molar-refractivity contribution < 1.29 is 4.74 Å². The maximum Gasteiger partial charge on any atom is 0.146 e. The van der Waals surface area contributed by atoms with E-state index < -0.39 is 0 Å². The number of halogens is 1. The molecule has 2 N–H and O–H groups in total. The van der Waals surface area contributed by atoms with Gasteiger partial charge in [0.15, 0.2) is 0 Å². The van der Waals surface area contributed by atoms with E-state index in [1.807, 2.05) is 30.5 Å². The number of hydrogen-bond acceptors (Lipinski definition) is 4. The van der Waals surface area contributed by atoms with Gasteiger partial charge in [-0.05, 0) is 47.9 Å². The van der Waals surface area contributed by atoms with Crippen LogP contribution in [0.4, 0.5) is 11.5 Å². The van der Waals surface area contributed by atoms with Gasteiger partial charge in [0.2, 0.25) is 0 Å². The van der Waals surface area contributed by atoms with Crippen molar-refractivity contribution in [2.45, 2.75) is 0 Å². The zero-order valence-electron chi connectivity index (χ0n) is 13.5. The number of nitrogens with zero attached hydrogens (tertiary/aromatic N) is 2. The Balaban J connectivity index is 1.62. The summed E-state index contributed by atoms with van der Waals surface area (Å²) < 4.78 is 5.82. The third kappa shape index (κ3) is 3.46. The number of hydrogen-bond donors (Lipinski definition) is 2. The Hall–Kier alpha value is -3.49. The molecule has 0 saturated carbocycles. The predicted octanol–water partition coefficient (Wildman–Crippen LogP) is 5.62.